The summed E-state index contributed by atoms with van der Waals surface area (Å²) in [5.41, 5.74) is 6.47. The maximum atomic E-state index is 12.7. The predicted octanol–water partition coefficient (Wildman–Crippen LogP) is 4.70. The molecule has 0 saturated carbocycles. The summed E-state index contributed by atoms with van der Waals surface area (Å²) in [6.45, 7) is 11.1. The molecule has 0 aliphatic rings. The topological polar surface area (TPSA) is 34.4 Å². The summed E-state index contributed by atoms with van der Waals surface area (Å²) in [7, 11) is 0. The summed E-state index contributed by atoms with van der Waals surface area (Å²) in [5, 5.41) is 0. The maximum absolute atomic E-state index is 12.7. The van der Waals surface area contributed by atoms with E-state index in [0.717, 1.165) is 28.0 Å². The van der Waals surface area contributed by atoms with Gasteiger partial charge in [-0.1, -0.05) is 29.0 Å². The Labute approximate surface area is 146 Å². The van der Waals surface area contributed by atoms with Gasteiger partial charge in [-0.3, -0.25) is 4.79 Å². The highest BCUT2D eigenvalue weighted by molar-refractivity contribution is 7.16. The van der Waals surface area contributed by atoms with Gasteiger partial charge in [-0.05, 0) is 69.5 Å². The van der Waals surface area contributed by atoms with E-state index in [-0.39, 0.29) is 5.91 Å². The molecule has 0 aliphatic heterocycles. The number of aryl methyl sites for hydroxylation is 5. The summed E-state index contributed by atoms with van der Waals surface area (Å²) >= 11 is 1.58. The van der Waals surface area contributed by atoms with E-state index in [1.54, 1.807) is 11.3 Å². The number of thiazole rings is 1. The Morgan fingerprint density at radius 1 is 1.04 bits per heavy atom. The van der Waals surface area contributed by atoms with E-state index in [9.17, 15) is 4.79 Å². The number of fused-ring (bicyclic) bond motifs is 1. The molecule has 3 rings (SSSR count). The number of amides is 1. The lowest BCUT2D eigenvalue weighted by atomic mass is 10.1. The third-order valence-electron chi connectivity index (χ3n) is 4.42. The van der Waals surface area contributed by atoms with Crippen LogP contribution >= 0.6 is 11.3 Å². The van der Waals surface area contributed by atoms with Crippen LogP contribution in [0.15, 0.2) is 35.3 Å². The number of benzene rings is 2. The van der Waals surface area contributed by atoms with Crippen molar-refractivity contribution in [2.24, 2.45) is 4.99 Å². The highest BCUT2D eigenvalue weighted by Gasteiger charge is 2.11. The Balaban J connectivity index is 2.17. The van der Waals surface area contributed by atoms with Crippen LogP contribution < -0.4 is 4.80 Å². The SMILES string of the molecule is CCn1c(=NC(=O)c2ccc(C)cc2C)sc2cc(C)c(C)cc21. The summed E-state index contributed by atoms with van der Waals surface area (Å²) in [6.07, 6.45) is 0. The van der Waals surface area contributed by atoms with Crippen molar-refractivity contribution in [1.82, 2.24) is 4.57 Å². The zero-order chi connectivity index (χ0) is 17.4. The summed E-state index contributed by atoms with van der Waals surface area (Å²) in [6, 6.07) is 10.2. The molecule has 0 unspecified atom stereocenters. The molecule has 0 bridgehead atoms. The first-order valence-corrected chi connectivity index (χ1v) is 8.99. The Morgan fingerprint density at radius 2 is 1.75 bits per heavy atom. The van der Waals surface area contributed by atoms with Crippen LogP contribution in [0.1, 0.15) is 39.5 Å². The van der Waals surface area contributed by atoms with Gasteiger partial charge >= 0.3 is 0 Å². The molecule has 0 N–H and O–H groups in total. The van der Waals surface area contributed by atoms with E-state index in [0.29, 0.717) is 5.56 Å². The third-order valence-corrected chi connectivity index (χ3v) is 5.47. The Bertz CT molecular complexity index is 1010. The Kier molecular flexibility index (Phi) is 4.41. The monoisotopic (exact) mass is 338 g/mol. The number of carbonyl (C=O) groups excluding carboxylic acids is 1. The van der Waals surface area contributed by atoms with Crippen molar-refractivity contribution in [3.8, 4) is 0 Å². The number of rotatable bonds is 2. The van der Waals surface area contributed by atoms with E-state index < -0.39 is 0 Å². The second-order valence-electron chi connectivity index (χ2n) is 6.27. The second kappa shape index (κ2) is 6.36. The summed E-state index contributed by atoms with van der Waals surface area (Å²) < 4.78 is 3.29. The molecule has 0 radical (unpaired) electrons. The van der Waals surface area contributed by atoms with E-state index in [1.165, 1.54) is 15.8 Å². The number of aromatic nitrogens is 1. The molecule has 24 heavy (non-hydrogen) atoms. The van der Waals surface area contributed by atoms with Crippen LogP contribution in [0, 0.1) is 27.7 Å². The molecule has 1 amide bonds. The lowest BCUT2D eigenvalue weighted by Crippen LogP contribution is -2.16. The molecule has 1 aromatic heterocycles. The zero-order valence-electron chi connectivity index (χ0n) is 14.8. The number of hydrogen-bond donors (Lipinski definition) is 0. The molecule has 0 fully saturated rings. The van der Waals surface area contributed by atoms with E-state index >= 15 is 0 Å². The van der Waals surface area contributed by atoms with Gasteiger partial charge in [0.05, 0.1) is 10.2 Å². The van der Waals surface area contributed by atoms with E-state index in [1.807, 2.05) is 32.0 Å². The minimum atomic E-state index is -0.172. The first kappa shape index (κ1) is 16.7. The van der Waals surface area contributed by atoms with Gasteiger partial charge in [0, 0.05) is 12.1 Å². The highest BCUT2D eigenvalue weighted by Crippen LogP contribution is 2.22. The van der Waals surface area contributed by atoms with Crippen molar-refractivity contribution in [3.63, 3.8) is 0 Å². The summed E-state index contributed by atoms with van der Waals surface area (Å²) in [4.78, 5) is 17.8. The Hall–Kier alpha value is -2.20. The molecule has 0 atom stereocenters. The molecule has 0 saturated heterocycles. The van der Waals surface area contributed by atoms with Crippen LogP contribution in [0.25, 0.3) is 10.2 Å². The van der Waals surface area contributed by atoms with Crippen molar-refractivity contribution in [1.29, 1.82) is 0 Å². The minimum absolute atomic E-state index is 0.172. The maximum Gasteiger partial charge on any atom is 0.279 e. The van der Waals surface area contributed by atoms with Crippen LogP contribution in [-0.2, 0) is 6.54 Å². The lowest BCUT2D eigenvalue weighted by Gasteiger charge is -2.04. The normalized spacial score (nSPS) is 12.1. The van der Waals surface area contributed by atoms with Gasteiger partial charge in [0.15, 0.2) is 4.80 Å². The smallest absolute Gasteiger partial charge is 0.279 e. The largest absolute Gasteiger partial charge is 0.317 e. The number of hydrogen-bond acceptors (Lipinski definition) is 2. The minimum Gasteiger partial charge on any atom is -0.317 e. The fraction of sp³-hybridized carbons (Fsp3) is 0.300. The van der Waals surface area contributed by atoms with Gasteiger partial charge in [-0.2, -0.15) is 4.99 Å². The van der Waals surface area contributed by atoms with Gasteiger partial charge in [0.1, 0.15) is 0 Å². The number of carbonyl (C=O) groups is 1. The first-order chi connectivity index (χ1) is 11.4. The molecule has 3 aromatic rings. The predicted molar refractivity (Wildman–Crippen MR) is 101 cm³/mol. The quantitative estimate of drug-likeness (QED) is 0.667. The number of nitrogens with zero attached hydrogens (tertiary/aromatic N) is 2. The average Bonchev–Trinajstić information content (AvgIpc) is 2.83. The highest BCUT2D eigenvalue weighted by atomic mass is 32.1. The average molecular weight is 338 g/mol. The molecular formula is C20H22N2OS. The van der Waals surface area contributed by atoms with Crippen molar-refractivity contribution in [2.75, 3.05) is 0 Å². The molecule has 2 aromatic carbocycles. The molecular weight excluding hydrogens is 316 g/mol. The molecule has 0 spiro atoms. The zero-order valence-corrected chi connectivity index (χ0v) is 15.6. The van der Waals surface area contributed by atoms with Crippen molar-refractivity contribution in [2.45, 2.75) is 41.2 Å². The van der Waals surface area contributed by atoms with Crippen LogP contribution in [0.3, 0.4) is 0 Å². The van der Waals surface area contributed by atoms with Gasteiger partial charge in [-0.15, -0.1) is 0 Å². The Morgan fingerprint density at radius 3 is 2.42 bits per heavy atom. The molecule has 1 heterocycles. The fourth-order valence-electron chi connectivity index (χ4n) is 2.91. The van der Waals surface area contributed by atoms with Crippen molar-refractivity contribution in [3.05, 3.63) is 63.0 Å². The molecule has 3 nitrogen and oxygen atoms in total. The van der Waals surface area contributed by atoms with Gasteiger partial charge in [0.25, 0.3) is 5.91 Å². The molecule has 0 aliphatic carbocycles. The molecule has 4 heteroatoms. The van der Waals surface area contributed by atoms with Gasteiger partial charge < -0.3 is 4.57 Å². The summed E-state index contributed by atoms with van der Waals surface area (Å²) in [5.74, 6) is -0.172. The standard InChI is InChI=1S/C20H22N2OS/c1-6-22-17-10-13(3)14(4)11-18(17)24-20(22)21-19(23)16-8-7-12(2)9-15(16)5/h7-11H,6H2,1-5H3. The van der Waals surface area contributed by atoms with Crippen LogP contribution in [0.4, 0.5) is 0 Å². The van der Waals surface area contributed by atoms with Crippen molar-refractivity contribution < 1.29 is 4.79 Å². The second-order valence-corrected chi connectivity index (χ2v) is 7.28. The van der Waals surface area contributed by atoms with E-state index in [2.05, 4.69) is 42.5 Å². The van der Waals surface area contributed by atoms with Gasteiger partial charge in [-0.25, -0.2) is 0 Å². The lowest BCUT2D eigenvalue weighted by molar-refractivity contribution is 0.0997. The first-order valence-electron chi connectivity index (χ1n) is 8.17. The fourth-order valence-corrected chi connectivity index (χ4v) is 4.09. The van der Waals surface area contributed by atoms with Crippen LogP contribution in [0.5, 0.6) is 0 Å². The van der Waals surface area contributed by atoms with E-state index in [4.69, 9.17) is 0 Å². The van der Waals surface area contributed by atoms with Crippen LogP contribution in [-0.4, -0.2) is 10.5 Å². The molecule has 124 valence electrons. The van der Waals surface area contributed by atoms with Gasteiger partial charge in [0.2, 0.25) is 0 Å². The third kappa shape index (κ3) is 2.94. The van der Waals surface area contributed by atoms with Crippen molar-refractivity contribution >= 4 is 27.5 Å². The van der Waals surface area contributed by atoms with Crippen LogP contribution in [0.2, 0.25) is 0 Å².